The standard InChI is InChI=1S/C21H35N5O2/c1-5-18-8-6-7-12-26(18)13-11-23-21(22-3)24-15-17-9-10-20(28-4)19(14-17)25-16(2)27/h9-10,14,18H,5-8,11-13,15H2,1-4H3,(H,25,27)(H2,22,23,24). The van der Waals surface area contributed by atoms with E-state index in [2.05, 4.69) is 32.8 Å². The zero-order valence-electron chi connectivity index (χ0n) is 17.7. The Hall–Kier alpha value is -2.28. The predicted molar refractivity (Wildman–Crippen MR) is 115 cm³/mol. The Kier molecular flexibility index (Phi) is 9.07. The number of benzene rings is 1. The molecule has 1 saturated heterocycles. The molecule has 1 atom stereocenters. The third-order valence-corrected chi connectivity index (χ3v) is 5.17. The molecule has 1 aromatic carbocycles. The molecule has 0 radical (unpaired) electrons. The van der Waals surface area contributed by atoms with E-state index in [1.807, 2.05) is 18.2 Å². The van der Waals surface area contributed by atoms with E-state index >= 15 is 0 Å². The summed E-state index contributed by atoms with van der Waals surface area (Å²) in [5.41, 5.74) is 1.71. The maximum Gasteiger partial charge on any atom is 0.221 e. The van der Waals surface area contributed by atoms with Crippen LogP contribution in [0.2, 0.25) is 0 Å². The van der Waals surface area contributed by atoms with Gasteiger partial charge in [0.05, 0.1) is 12.8 Å². The fourth-order valence-electron chi connectivity index (χ4n) is 3.69. The van der Waals surface area contributed by atoms with Gasteiger partial charge in [0.25, 0.3) is 0 Å². The molecule has 156 valence electrons. The molecule has 1 aromatic rings. The van der Waals surface area contributed by atoms with Crippen LogP contribution in [0.25, 0.3) is 0 Å². The number of guanidine groups is 1. The van der Waals surface area contributed by atoms with Gasteiger partial charge in [-0.25, -0.2) is 0 Å². The van der Waals surface area contributed by atoms with Crippen LogP contribution in [0.3, 0.4) is 0 Å². The number of amides is 1. The lowest BCUT2D eigenvalue weighted by atomic mass is 10.0. The fraction of sp³-hybridized carbons (Fsp3) is 0.619. The molecule has 0 aliphatic carbocycles. The zero-order valence-corrected chi connectivity index (χ0v) is 17.7. The van der Waals surface area contributed by atoms with Crippen LogP contribution in [0.1, 0.15) is 45.1 Å². The Morgan fingerprint density at radius 2 is 2.14 bits per heavy atom. The molecule has 0 bridgehead atoms. The van der Waals surface area contributed by atoms with Crippen molar-refractivity contribution in [2.45, 2.75) is 52.1 Å². The minimum atomic E-state index is -0.121. The Labute approximate surface area is 168 Å². The number of likely N-dealkylation sites (tertiary alicyclic amines) is 1. The average molecular weight is 390 g/mol. The number of carbonyl (C=O) groups excluding carboxylic acids is 1. The molecule has 1 unspecified atom stereocenters. The van der Waals surface area contributed by atoms with Gasteiger partial charge in [-0.05, 0) is 43.5 Å². The molecule has 1 aliphatic heterocycles. The van der Waals surface area contributed by atoms with E-state index in [9.17, 15) is 4.79 Å². The molecular formula is C21H35N5O2. The number of methoxy groups -OCH3 is 1. The topological polar surface area (TPSA) is 78.0 Å². The summed E-state index contributed by atoms with van der Waals surface area (Å²) >= 11 is 0. The van der Waals surface area contributed by atoms with Crippen molar-refractivity contribution in [1.82, 2.24) is 15.5 Å². The van der Waals surface area contributed by atoms with E-state index in [4.69, 9.17) is 4.74 Å². The number of nitrogens with one attached hydrogen (secondary N) is 3. The second kappa shape index (κ2) is 11.5. The number of nitrogens with zero attached hydrogens (tertiary/aromatic N) is 2. The number of piperidine rings is 1. The number of carbonyl (C=O) groups is 1. The summed E-state index contributed by atoms with van der Waals surface area (Å²) in [5, 5.41) is 9.54. The minimum Gasteiger partial charge on any atom is -0.495 e. The maximum atomic E-state index is 11.4. The fourth-order valence-corrected chi connectivity index (χ4v) is 3.69. The highest BCUT2D eigenvalue weighted by Crippen LogP contribution is 2.25. The van der Waals surface area contributed by atoms with Gasteiger partial charge in [0.15, 0.2) is 5.96 Å². The van der Waals surface area contributed by atoms with E-state index in [0.717, 1.165) is 30.7 Å². The lowest BCUT2D eigenvalue weighted by molar-refractivity contribution is -0.114. The summed E-state index contributed by atoms with van der Waals surface area (Å²) in [4.78, 5) is 18.3. The summed E-state index contributed by atoms with van der Waals surface area (Å²) in [5.74, 6) is 1.31. The highest BCUT2D eigenvalue weighted by atomic mass is 16.5. The first-order chi connectivity index (χ1) is 13.6. The number of anilines is 1. The lowest BCUT2D eigenvalue weighted by Crippen LogP contribution is -2.45. The van der Waals surface area contributed by atoms with Gasteiger partial charge in [0.2, 0.25) is 5.91 Å². The number of hydrogen-bond donors (Lipinski definition) is 3. The first-order valence-electron chi connectivity index (χ1n) is 10.2. The SMILES string of the molecule is CCC1CCCCN1CCNC(=NC)NCc1ccc(OC)c(NC(C)=O)c1. The van der Waals surface area contributed by atoms with Crippen molar-refractivity contribution in [1.29, 1.82) is 0 Å². The van der Waals surface area contributed by atoms with E-state index in [0.29, 0.717) is 18.0 Å². The van der Waals surface area contributed by atoms with Gasteiger partial charge in [-0.15, -0.1) is 0 Å². The van der Waals surface area contributed by atoms with Crippen LogP contribution in [0.15, 0.2) is 23.2 Å². The van der Waals surface area contributed by atoms with Crippen LogP contribution in [0.5, 0.6) is 5.75 Å². The van der Waals surface area contributed by atoms with E-state index in [-0.39, 0.29) is 5.91 Å². The van der Waals surface area contributed by atoms with Crippen LogP contribution in [-0.4, -0.2) is 56.6 Å². The first kappa shape index (κ1) is 22.0. The van der Waals surface area contributed by atoms with E-state index in [1.165, 1.54) is 39.2 Å². The van der Waals surface area contributed by atoms with Gasteiger partial charge in [0.1, 0.15) is 5.75 Å². The van der Waals surface area contributed by atoms with Crippen molar-refractivity contribution >= 4 is 17.6 Å². The van der Waals surface area contributed by atoms with Crippen LogP contribution >= 0.6 is 0 Å². The van der Waals surface area contributed by atoms with Crippen LogP contribution in [0, 0.1) is 0 Å². The van der Waals surface area contributed by atoms with Crippen LogP contribution < -0.4 is 20.7 Å². The Bertz CT molecular complexity index is 662. The first-order valence-corrected chi connectivity index (χ1v) is 10.2. The molecule has 0 saturated carbocycles. The second-order valence-corrected chi connectivity index (χ2v) is 7.16. The summed E-state index contributed by atoms with van der Waals surface area (Å²) < 4.78 is 5.30. The zero-order chi connectivity index (χ0) is 20.4. The molecule has 28 heavy (non-hydrogen) atoms. The quantitative estimate of drug-likeness (QED) is 0.471. The van der Waals surface area contributed by atoms with Gasteiger partial charge in [-0.2, -0.15) is 0 Å². The summed E-state index contributed by atoms with van der Waals surface area (Å²) in [7, 11) is 3.37. The molecule has 2 rings (SSSR count). The number of ether oxygens (including phenoxy) is 1. The predicted octanol–water partition coefficient (Wildman–Crippen LogP) is 2.58. The monoisotopic (exact) mass is 389 g/mol. The smallest absolute Gasteiger partial charge is 0.221 e. The highest BCUT2D eigenvalue weighted by Gasteiger charge is 2.19. The minimum absolute atomic E-state index is 0.121. The Balaban J connectivity index is 1.84. The molecule has 1 aliphatic rings. The highest BCUT2D eigenvalue weighted by molar-refractivity contribution is 5.90. The summed E-state index contributed by atoms with van der Waals surface area (Å²) in [6.07, 6.45) is 5.20. The van der Waals surface area contributed by atoms with Crippen molar-refractivity contribution < 1.29 is 9.53 Å². The maximum absolute atomic E-state index is 11.4. The number of rotatable bonds is 8. The number of aliphatic imine (C=N–C) groups is 1. The van der Waals surface area contributed by atoms with Gasteiger partial charge in [-0.1, -0.05) is 19.4 Å². The Morgan fingerprint density at radius 1 is 1.32 bits per heavy atom. The number of hydrogen-bond acceptors (Lipinski definition) is 4. The second-order valence-electron chi connectivity index (χ2n) is 7.16. The summed E-state index contributed by atoms with van der Waals surface area (Å²) in [6.45, 7) is 7.48. The Morgan fingerprint density at radius 3 is 2.82 bits per heavy atom. The molecule has 0 aromatic heterocycles. The normalized spacial score (nSPS) is 17.9. The van der Waals surface area contributed by atoms with Gasteiger partial charge >= 0.3 is 0 Å². The molecule has 0 spiro atoms. The van der Waals surface area contributed by atoms with Crippen molar-refractivity contribution in [2.75, 3.05) is 39.1 Å². The van der Waals surface area contributed by atoms with Crippen molar-refractivity contribution in [3.05, 3.63) is 23.8 Å². The van der Waals surface area contributed by atoms with Gasteiger partial charge < -0.3 is 20.7 Å². The largest absolute Gasteiger partial charge is 0.495 e. The van der Waals surface area contributed by atoms with Crippen LogP contribution in [-0.2, 0) is 11.3 Å². The molecular weight excluding hydrogens is 354 g/mol. The molecule has 1 heterocycles. The molecule has 3 N–H and O–H groups in total. The molecule has 7 nitrogen and oxygen atoms in total. The van der Waals surface area contributed by atoms with Gasteiger partial charge in [-0.3, -0.25) is 14.7 Å². The van der Waals surface area contributed by atoms with E-state index < -0.39 is 0 Å². The molecule has 1 fully saturated rings. The third-order valence-electron chi connectivity index (χ3n) is 5.17. The lowest BCUT2D eigenvalue weighted by Gasteiger charge is -2.35. The molecule has 1 amide bonds. The van der Waals surface area contributed by atoms with Crippen molar-refractivity contribution in [3.63, 3.8) is 0 Å². The van der Waals surface area contributed by atoms with Gasteiger partial charge in [0, 0.05) is 39.6 Å². The van der Waals surface area contributed by atoms with Crippen molar-refractivity contribution in [3.8, 4) is 5.75 Å². The van der Waals surface area contributed by atoms with E-state index in [1.54, 1.807) is 14.2 Å². The van der Waals surface area contributed by atoms with Crippen LogP contribution in [0.4, 0.5) is 5.69 Å². The summed E-state index contributed by atoms with van der Waals surface area (Å²) in [6, 6.07) is 6.47. The van der Waals surface area contributed by atoms with Crippen molar-refractivity contribution in [2.24, 2.45) is 4.99 Å². The third kappa shape index (κ3) is 6.71. The average Bonchev–Trinajstić information content (AvgIpc) is 2.70. The molecule has 7 heteroatoms.